The van der Waals surface area contributed by atoms with E-state index >= 15 is 0 Å². The van der Waals surface area contributed by atoms with Crippen molar-refractivity contribution in [2.45, 2.75) is 58.8 Å². The molecule has 1 atom stereocenters. The van der Waals surface area contributed by atoms with Crippen LogP contribution in [0.5, 0.6) is 0 Å². The predicted molar refractivity (Wildman–Crippen MR) is 92.2 cm³/mol. The van der Waals surface area contributed by atoms with Crippen LogP contribution in [0.3, 0.4) is 0 Å². The topological polar surface area (TPSA) is 85.0 Å². The molecule has 1 amide bonds. The maximum atomic E-state index is 12.5. The van der Waals surface area contributed by atoms with Gasteiger partial charge in [-0.15, -0.1) is 10.2 Å². The molecular weight excluding hydrogens is 318 g/mol. The molecule has 2 aromatic rings. The zero-order chi connectivity index (χ0) is 18.0. The molecule has 134 valence electrons. The van der Waals surface area contributed by atoms with Crippen LogP contribution in [0.4, 0.5) is 0 Å². The minimum atomic E-state index is 0.121. The second-order valence-corrected chi connectivity index (χ2v) is 7.02. The smallest absolute Gasteiger partial charge is 0.223 e. The summed E-state index contributed by atoms with van der Waals surface area (Å²) in [5.41, 5.74) is 1.95. The molecule has 0 spiro atoms. The van der Waals surface area contributed by atoms with E-state index in [1.165, 1.54) is 0 Å². The Morgan fingerprint density at radius 3 is 2.64 bits per heavy atom. The quantitative estimate of drug-likeness (QED) is 0.829. The van der Waals surface area contributed by atoms with E-state index in [9.17, 15) is 4.79 Å². The van der Waals surface area contributed by atoms with E-state index < -0.39 is 0 Å². The summed E-state index contributed by atoms with van der Waals surface area (Å²) in [5.74, 6) is 2.55. The molecule has 25 heavy (non-hydrogen) atoms. The number of carbonyl (C=O) groups is 1. The second-order valence-electron chi connectivity index (χ2n) is 7.02. The number of aryl methyl sites for hydroxylation is 3. The summed E-state index contributed by atoms with van der Waals surface area (Å²) in [6.45, 7) is 9.39. The highest BCUT2D eigenvalue weighted by molar-refractivity contribution is 5.76. The summed E-state index contributed by atoms with van der Waals surface area (Å²) in [4.78, 5) is 23.4. The molecule has 1 aliphatic rings. The van der Waals surface area contributed by atoms with E-state index in [-0.39, 0.29) is 17.7 Å². The van der Waals surface area contributed by atoms with Crippen LogP contribution in [-0.4, -0.2) is 44.1 Å². The molecule has 7 heteroatoms. The van der Waals surface area contributed by atoms with Crippen molar-refractivity contribution in [2.75, 3.05) is 13.1 Å². The SMILES string of the molecule is Cc1cc(C)nc(C2CCN(C(=O)CCc3nnc(C(C)C)o3)C2)n1. The van der Waals surface area contributed by atoms with Crippen LogP contribution >= 0.6 is 0 Å². The van der Waals surface area contributed by atoms with Gasteiger partial charge in [-0.2, -0.15) is 0 Å². The highest BCUT2D eigenvalue weighted by atomic mass is 16.4. The Balaban J connectivity index is 1.55. The van der Waals surface area contributed by atoms with Gasteiger partial charge in [0.15, 0.2) is 0 Å². The summed E-state index contributed by atoms with van der Waals surface area (Å²) in [5, 5.41) is 8.01. The van der Waals surface area contributed by atoms with E-state index in [0.717, 1.165) is 30.2 Å². The maximum Gasteiger partial charge on any atom is 0.223 e. The van der Waals surface area contributed by atoms with E-state index in [1.54, 1.807) is 0 Å². The van der Waals surface area contributed by atoms with Crippen LogP contribution in [0, 0.1) is 13.8 Å². The fourth-order valence-corrected chi connectivity index (χ4v) is 3.11. The lowest BCUT2D eigenvalue weighted by atomic mass is 10.1. The average Bonchev–Trinajstić information content (AvgIpc) is 3.21. The molecule has 0 aliphatic carbocycles. The van der Waals surface area contributed by atoms with E-state index in [2.05, 4.69) is 20.2 Å². The predicted octanol–water partition coefficient (Wildman–Crippen LogP) is 2.55. The molecule has 0 bridgehead atoms. The van der Waals surface area contributed by atoms with Gasteiger partial charge in [0.05, 0.1) is 0 Å². The number of hydrogen-bond donors (Lipinski definition) is 0. The number of carbonyl (C=O) groups excluding carboxylic acids is 1. The standard InChI is InChI=1S/C18H25N5O2/c1-11(2)18-22-21-15(25-18)5-6-16(24)23-8-7-14(10-23)17-19-12(3)9-13(4)20-17/h9,11,14H,5-8,10H2,1-4H3. The first-order chi connectivity index (χ1) is 11.9. The van der Waals surface area contributed by atoms with Gasteiger partial charge < -0.3 is 9.32 Å². The Hall–Kier alpha value is -2.31. The first kappa shape index (κ1) is 17.5. The number of likely N-dealkylation sites (tertiary alicyclic amines) is 1. The van der Waals surface area contributed by atoms with Gasteiger partial charge in [-0.25, -0.2) is 9.97 Å². The molecule has 1 aliphatic heterocycles. The minimum Gasteiger partial charge on any atom is -0.425 e. The number of nitrogens with zero attached hydrogens (tertiary/aromatic N) is 5. The minimum absolute atomic E-state index is 0.121. The summed E-state index contributed by atoms with van der Waals surface area (Å²) < 4.78 is 5.56. The summed E-state index contributed by atoms with van der Waals surface area (Å²) in [6, 6.07) is 1.97. The van der Waals surface area contributed by atoms with Crippen molar-refractivity contribution < 1.29 is 9.21 Å². The lowest BCUT2D eigenvalue weighted by molar-refractivity contribution is -0.130. The molecule has 0 aromatic carbocycles. The molecule has 0 radical (unpaired) electrons. The van der Waals surface area contributed by atoms with Gasteiger partial charge in [0, 0.05) is 49.2 Å². The Morgan fingerprint density at radius 1 is 1.28 bits per heavy atom. The molecule has 1 saturated heterocycles. The summed E-state index contributed by atoms with van der Waals surface area (Å²) >= 11 is 0. The fourth-order valence-electron chi connectivity index (χ4n) is 3.11. The van der Waals surface area contributed by atoms with Crippen molar-refractivity contribution in [2.24, 2.45) is 0 Å². The van der Waals surface area contributed by atoms with Crippen molar-refractivity contribution in [3.63, 3.8) is 0 Å². The van der Waals surface area contributed by atoms with Gasteiger partial charge in [-0.05, 0) is 26.3 Å². The Morgan fingerprint density at radius 2 is 2.00 bits per heavy atom. The van der Waals surface area contributed by atoms with Crippen molar-refractivity contribution in [3.8, 4) is 0 Å². The van der Waals surface area contributed by atoms with Gasteiger partial charge >= 0.3 is 0 Å². The number of amides is 1. The summed E-state index contributed by atoms with van der Waals surface area (Å²) in [7, 11) is 0. The summed E-state index contributed by atoms with van der Waals surface area (Å²) in [6.07, 6.45) is 1.78. The molecule has 0 saturated carbocycles. The van der Waals surface area contributed by atoms with Gasteiger partial charge in [0.25, 0.3) is 0 Å². The lowest BCUT2D eigenvalue weighted by Crippen LogP contribution is -2.28. The lowest BCUT2D eigenvalue weighted by Gasteiger charge is -2.16. The van der Waals surface area contributed by atoms with Crippen LogP contribution in [0.2, 0.25) is 0 Å². The third kappa shape index (κ3) is 4.21. The highest BCUT2D eigenvalue weighted by Crippen LogP contribution is 2.25. The van der Waals surface area contributed by atoms with Gasteiger partial charge in [-0.3, -0.25) is 4.79 Å². The zero-order valence-corrected chi connectivity index (χ0v) is 15.3. The number of aromatic nitrogens is 4. The third-order valence-electron chi connectivity index (χ3n) is 4.43. The number of hydrogen-bond acceptors (Lipinski definition) is 6. The molecule has 7 nitrogen and oxygen atoms in total. The second kappa shape index (κ2) is 7.29. The molecule has 3 rings (SSSR count). The van der Waals surface area contributed by atoms with Crippen LogP contribution in [0.15, 0.2) is 10.5 Å². The largest absolute Gasteiger partial charge is 0.425 e. The average molecular weight is 343 g/mol. The van der Waals surface area contributed by atoms with Crippen molar-refractivity contribution in [3.05, 3.63) is 35.1 Å². The normalized spacial score (nSPS) is 17.5. The van der Waals surface area contributed by atoms with Crippen molar-refractivity contribution in [1.82, 2.24) is 25.1 Å². The zero-order valence-electron chi connectivity index (χ0n) is 15.3. The van der Waals surface area contributed by atoms with Crippen LogP contribution in [0.25, 0.3) is 0 Å². The van der Waals surface area contributed by atoms with Crippen molar-refractivity contribution >= 4 is 5.91 Å². The van der Waals surface area contributed by atoms with E-state index in [1.807, 2.05) is 38.7 Å². The first-order valence-corrected chi connectivity index (χ1v) is 8.84. The van der Waals surface area contributed by atoms with Crippen LogP contribution < -0.4 is 0 Å². The monoisotopic (exact) mass is 343 g/mol. The Bertz CT molecular complexity index is 735. The number of rotatable bonds is 5. The van der Waals surface area contributed by atoms with Crippen LogP contribution in [-0.2, 0) is 11.2 Å². The Kier molecular flexibility index (Phi) is 5.11. The highest BCUT2D eigenvalue weighted by Gasteiger charge is 2.29. The van der Waals surface area contributed by atoms with E-state index in [4.69, 9.17) is 4.42 Å². The van der Waals surface area contributed by atoms with Crippen LogP contribution in [0.1, 0.15) is 67.5 Å². The molecule has 1 unspecified atom stereocenters. The molecule has 0 N–H and O–H groups in total. The Labute approximate surface area is 147 Å². The van der Waals surface area contributed by atoms with E-state index in [0.29, 0.717) is 31.2 Å². The maximum absolute atomic E-state index is 12.5. The van der Waals surface area contributed by atoms with Crippen molar-refractivity contribution in [1.29, 1.82) is 0 Å². The molecule has 3 heterocycles. The fraction of sp³-hybridized carbons (Fsp3) is 0.611. The van der Waals surface area contributed by atoms with Gasteiger partial charge in [0.1, 0.15) is 5.82 Å². The van der Waals surface area contributed by atoms with Gasteiger partial charge in [0.2, 0.25) is 17.7 Å². The third-order valence-corrected chi connectivity index (χ3v) is 4.43. The molecular formula is C18H25N5O2. The molecule has 1 fully saturated rings. The molecule has 2 aromatic heterocycles. The van der Waals surface area contributed by atoms with Gasteiger partial charge in [-0.1, -0.05) is 13.8 Å². The first-order valence-electron chi connectivity index (χ1n) is 8.84.